The van der Waals surface area contributed by atoms with Crippen LogP contribution in [-0.2, 0) is 14.3 Å². The molecule has 136 valence electrons. The second kappa shape index (κ2) is 12.0. The number of hydrazine groups is 1. The van der Waals surface area contributed by atoms with E-state index >= 15 is 0 Å². The van der Waals surface area contributed by atoms with Gasteiger partial charge >= 0.3 is 0 Å². The lowest BCUT2D eigenvalue weighted by Gasteiger charge is -2.16. The van der Waals surface area contributed by atoms with Crippen molar-refractivity contribution >= 4 is 35.2 Å². The average Bonchev–Trinajstić information content (AvgIpc) is 2.59. The predicted molar refractivity (Wildman–Crippen MR) is 101 cm³/mol. The number of nitrogens with one attached hydrogen (secondary N) is 4. The van der Waals surface area contributed by atoms with E-state index in [4.69, 9.17) is 17.0 Å². The van der Waals surface area contributed by atoms with Gasteiger partial charge in [0, 0.05) is 32.2 Å². The van der Waals surface area contributed by atoms with Crippen LogP contribution >= 0.6 is 12.2 Å². The average molecular weight is 364 g/mol. The molecule has 7 nitrogen and oxygen atoms in total. The Hall–Kier alpha value is -2.45. The van der Waals surface area contributed by atoms with Gasteiger partial charge in [0.1, 0.15) is 0 Å². The number of carbonyl (C=O) groups is 2. The Morgan fingerprint density at radius 2 is 1.96 bits per heavy atom. The Labute approximate surface area is 153 Å². The molecule has 0 aliphatic heterocycles. The van der Waals surface area contributed by atoms with E-state index in [1.54, 1.807) is 13.2 Å². The van der Waals surface area contributed by atoms with Crippen LogP contribution < -0.4 is 21.5 Å². The van der Waals surface area contributed by atoms with Crippen molar-refractivity contribution in [3.05, 3.63) is 42.0 Å². The van der Waals surface area contributed by atoms with Gasteiger partial charge in [0.2, 0.25) is 11.8 Å². The number of rotatable bonds is 8. The SMILES string of the molecule is COC[C@H](C)NC(=S)NNC(=O)CCNC(=O)/C=C/c1ccccc1. The number of benzene rings is 1. The van der Waals surface area contributed by atoms with Crippen LogP contribution in [-0.4, -0.2) is 43.2 Å². The summed E-state index contributed by atoms with van der Waals surface area (Å²) in [5, 5.41) is 5.88. The third-order valence-corrected chi connectivity index (χ3v) is 3.21. The molecule has 25 heavy (non-hydrogen) atoms. The Morgan fingerprint density at radius 1 is 1.24 bits per heavy atom. The zero-order valence-electron chi connectivity index (χ0n) is 14.4. The normalized spacial score (nSPS) is 11.6. The lowest BCUT2D eigenvalue weighted by Crippen LogP contribution is -2.50. The molecule has 1 aromatic rings. The molecular weight excluding hydrogens is 340 g/mol. The van der Waals surface area contributed by atoms with Crippen LogP contribution in [0.3, 0.4) is 0 Å². The summed E-state index contributed by atoms with van der Waals surface area (Å²) in [7, 11) is 1.60. The van der Waals surface area contributed by atoms with Gasteiger partial charge in [0.05, 0.1) is 6.61 Å². The van der Waals surface area contributed by atoms with Gasteiger partial charge in [0.15, 0.2) is 5.11 Å². The maximum atomic E-state index is 11.7. The fourth-order valence-electron chi connectivity index (χ4n) is 1.83. The molecule has 0 bridgehead atoms. The molecule has 0 saturated heterocycles. The van der Waals surface area contributed by atoms with Crippen molar-refractivity contribution in [3.8, 4) is 0 Å². The third-order valence-electron chi connectivity index (χ3n) is 2.99. The van der Waals surface area contributed by atoms with E-state index in [0.717, 1.165) is 5.56 Å². The standard InChI is InChI=1S/C17H24N4O3S/c1-13(12-24-2)19-17(25)21-20-16(23)10-11-18-15(22)9-8-14-6-4-3-5-7-14/h3-9,13H,10-12H2,1-2H3,(H,18,22)(H,20,23)(H2,19,21,25)/b9-8+/t13-/m0/s1. The molecule has 0 heterocycles. The highest BCUT2D eigenvalue weighted by molar-refractivity contribution is 7.80. The molecule has 2 amide bonds. The first-order chi connectivity index (χ1) is 12.0. The van der Waals surface area contributed by atoms with Gasteiger partial charge in [-0.25, -0.2) is 0 Å². The van der Waals surface area contributed by atoms with E-state index in [9.17, 15) is 9.59 Å². The molecular formula is C17H24N4O3S. The maximum absolute atomic E-state index is 11.7. The second-order valence-electron chi connectivity index (χ2n) is 5.29. The fraction of sp³-hybridized carbons (Fsp3) is 0.353. The minimum atomic E-state index is -0.282. The number of hydrogen-bond donors (Lipinski definition) is 4. The van der Waals surface area contributed by atoms with Gasteiger partial charge in [-0.05, 0) is 30.8 Å². The molecule has 0 aliphatic carbocycles. The van der Waals surface area contributed by atoms with Crippen molar-refractivity contribution in [3.63, 3.8) is 0 Å². The molecule has 0 saturated carbocycles. The zero-order valence-corrected chi connectivity index (χ0v) is 15.2. The lowest BCUT2D eigenvalue weighted by atomic mass is 10.2. The molecule has 0 fully saturated rings. The highest BCUT2D eigenvalue weighted by Crippen LogP contribution is 2.00. The summed E-state index contributed by atoms with van der Waals surface area (Å²) < 4.78 is 4.97. The summed E-state index contributed by atoms with van der Waals surface area (Å²) in [5.74, 6) is -0.536. The monoisotopic (exact) mass is 364 g/mol. The quantitative estimate of drug-likeness (QED) is 0.309. The number of carbonyl (C=O) groups excluding carboxylic acids is 2. The van der Waals surface area contributed by atoms with Gasteiger partial charge in [-0.3, -0.25) is 20.4 Å². The summed E-state index contributed by atoms with van der Waals surface area (Å²) in [6, 6.07) is 9.51. The maximum Gasteiger partial charge on any atom is 0.244 e. The summed E-state index contributed by atoms with van der Waals surface area (Å²) >= 11 is 5.03. The molecule has 8 heteroatoms. The largest absolute Gasteiger partial charge is 0.383 e. The smallest absolute Gasteiger partial charge is 0.244 e. The molecule has 1 atom stereocenters. The van der Waals surface area contributed by atoms with E-state index in [0.29, 0.717) is 11.7 Å². The van der Waals surface area contributed by atoms with Crippen LogP contribution in [0.1, 0.15) is 18.9 Å². The van der Waals surface area contributed by atoms with Crippen molar-refractivity contribution in [2.75, 3.05) is 20.3 Å². The number of amides is 2. The molecule has 0 unspecified atom stereocenters. The van der Waals surface area contributed by atoms with Crippen LogP contribution in [0.4, 0.5) is 0 Å². The first-order valence-electron chi connectivity index (χ1n) is 7.86. The van der Waals surface area contributed by atoms with Gasteiger partial charge in [-0.2, -0.15) is 0 Å². The minimum Gasteiger partial charge on any atom is -0.383 e. The molecule has 0 radical (unpaired) electrons. The highest BCUT2D eigenvalue weighted by atomic mass is 32.1. The van der Waals surface area contributed by atoms with Gasteiger partial charge in [-0.1, -0.05) is 30.3 Å². The van der Waals surface area contributed by atoms with Gasteiger partial charge in [-0.15, -0.1) is 0 Å². The van der Waals surface area contributed by atoms with Crippen molar-refractivity contribution in [1.82, 2.24) is 21.5 Å². The molecule has 1 aromatic carbocycles. The Morgan fingerprint density at radius 3 is 2.64 bits per heavy atom. The Bertz CT molecular complexity index is 593. The van der Waals surface area contributed by atoms with E-state index in [1.807, 2.05) is 37.3 Å². The van der Waals surface area contributed by atoms with Gasteiger partial charge in [0.25, 0.3) is 0 Å². The molecule has 0 aromatic heterocycles. The van der Waals surface area contributed by atoms with Crippen molar-refractivity contribution in [2.45, 2.75) is 19.4 Å². The van der Waals surface area contributed by atoms with Crippen LogP contribution in [0, 0.1) is 0 Å². The third kappa shape index (κ3) is 10.1. The van der Waals surface area contributed by atoms with Crippen LogP contribution in [0.25, 0.3) is 6.08 Å². The topological polar surface area (TPSA) is 91.5 Å². The van der Waals surface area contributed by atoms with Crippen LogP contribution in [0.5, 0.6) is 0 Å². The lowest BCUT2D eigenvalue weighted by molar-refractivity contribution is -0.121. The Kier molecular flexibility index (Phi) is 9.88. The first kappa shape index (κ1) is 20.6. The molecule has 0 spiro atoms. The number of thiocarbonyl (C=S) groups is 1. The summed E-state index contributed by atoms with van der Waals surface area (Å²) in [6.45, 7) is 2.63. The Balaban J connectivity index is 2.16. The highest BCUT2D eigenvalue weighted by Gasteiger charge is 2.05. The summed E-state index contributed by atoms with van der Waals surface area (Å²) in [5.41, 5.74) is 5.99. The van der Waals surface area contributed by atoms with Crippen LogP contribution in [0.2, 0.25) is 0 Å². The predicted octanol–water partition coefficient (Wildman–Crippen LogP) is 0.736. The zero-order chi connectivity index (χ0) is 18.5. The molecule has 1 rings (SSSR count). The van der Waals surface area contributed by atoms with Crippen molar-refractivity contribution in [1.29, 1.82) is 0 Å². The van der Waals surface area contributed by atoms with E-state index < -0.39 is 0 Å². The molecule has 4 N–H and O–H groups in total. The number of methoxy groups -OCH3 is 1. The van der Waals surface area contributed by atoms with E-state index in [-0.39, 0.29) is 30.8 Å². The second-order valence-corrected chi connectivity index (χ2v) is 5.70. The summed E-state index contributed by atoms with van der Waals surface area (Å²) in [6.07, 6.45) is 3.28. The van der Waals surface area contributed by atoms with Crippen molar-refractivity contribution in [2.24, 2.45) is 0 Å². The fourth-order valence-corrected chi connectivity index (χ4v) is 2.09. The molecule has 0 aliphatic rings. The van der Waals surface area contributed by atoms with Crippen LogP contribution in [0.15, 0.2) is 36.4 Å². The summed E-state index contributed by atoms with van der Waals surface area (Å²) in [4.78, 5) is 23.3. The first-order valence-corrected chi connectivity index (χ1v) is 8.27. The van der Waals surface area contributed by atoms with Gasteiger partial charge < -0.3 is 15.4 Å². The number of ether oxygens (including phenoxy) is 1. The van der Waals surface area contributed by atoms with E-state index in [2.05, 4.69) is 21.5 Å². The van der Waals surface area contributed by atoms with Crippen molar-refractivity contribution < 1.29 is 14.3 Å². The number of hydrogen-bond acceptors (Lipinski definition) is 4. The minimum absolute atomic E-state index is 0.0255. The van der Waals surface area contributed by atoms with E-state index in [1.165, 1.54) is 6.08 Å².